The van der Waals surface area contributed by atoms with Crippen LogP contribution in [0.25, 0.3) is 0 Å². The first kappa shape index (κ1) is 27.4. The van der Waals surface area contributed by atoms with E-state index in [1.54, 1.807) is 7.11 Å². The number of methoxy groups -OCH3 is 1. The summed E-state index contributed by atoms with van der Waals surface area (Å²) < 4.78 is 5.61. The number of nitrogens with zero attached hydrogens (tertiary/aromatic N) is 3. The standard InChI is InChI=1S/C30H38N4O.ClH/c1-20-16-22(3)28(23(4)17-20)31-30(32-29-24(5)18-21(2)19-25(29)6)34-14-12-33(13-15-34)26-10-8-9-11-27(26)35-7;/h8-11,16-19H,12-15H2,1-7H3,(H,31,32);1H. The fraction of sp³-hybridized carbons (Fsp3) is 0.367. The molecule has 4 rings (SSSR count). The van der Waals surface area contributed by atoms with Crippen LogP contribution in [-0.4, -0.2) is 44.1 Å². The van der Waals surface area contributed by atoms with Crippen LogP contribution in [0.1, 0.15) is 33.4 Å². The number of aliphatic imine (C=N–C) groups is 1. The van der Waals surface area contributed by atoms with E-state index < -0.39 is 0 Å². The lowest BCUT2D eigenvalue weighted by molar-refractivity contribution is 0.377. The van der Waals surface area contributed by atoms with Crippen molar-refractivity contribution in [3.63, 3.8) is 0 Å². The molecule has 1 N–H and O–H groups in total. The van der Waals surface area contributed by atoms with Gasteiger partial charge in [-0.2, -0.15) is 0 Å². The van der Waals surface area contributed by atoms with Crippen LogP contribution in [-0.2, 0) is 0 Å². The Balaban J connectivity index is 0.00000361. The van der Waals surface area contributed by atoms with Gasteiger partial charge in [0.2, 0.25) is 5.96 Å². The molecule has 0 unspecified atom stereocenters. The zero-order valence-corrected chi connectivity index (χ0v) is 23.4. The Labute approximate surface area is 222 Å². The molecule has 36 heavy (non-hydrogen) atoms. The second kappa shape index (κ2) is 11.7. The number of para-hydroxylation sites is 2. The van der Waals surface area contributed by atoms with Crippen molar-refractivity contribution < 1.29 is 4.74 Å². The third-order valence-electron chi connectivity index (χ3n) is 6.77. The normalized spacial score (nSPS) is 13.9. The van der Waals surface area contributed by atoms with Gasteiger partial charge >= 0.3 is 0 Å². The predicted molar refractivity (Wildman–Crippen MR) is 156 cm³/mol. The van der Waals surface area contributed by atoms with Gasteiger partial charge in [0, 0.05) is 31.9 Å². The van der Waals surface area contributed by atoms with E-state index in [4.69, 9.17) is 9.73 Å². The van der Waals surface area contributed by atoms with E-state index >= 15 is 0 Å². The molecule has 0 bridgehead atoms. The first-order chi connectivity index (χ1) is 16.8. The zero-order chi connectivity index (χ0) is 25.1. The number of rotatable bonds is 4. The lowest BCUT2D eigenvalue weighted by Gasteiger charge is -2.38. The van der Waals surface area contributed by atoms with Gasteiger partial charge in [-0.25, -0.2) is 4.99 Å². The monoisotopic (exact) mass is 506 g/mol. The van der Waals surface area contributed by atoms with Crippen LogP contribution in [0.15, 0.2) is 53.5 Å². The van der Waals surface area contributed by atoms with Crippen molar-refractivity contribution in [1.82, 2.24) is 4.90 Å². The molecule has 0 saturated carbocycles. The lowest BCUT2D eigenvalue weighted by Crippen LogP contribution is -2.50. The zero-order valence-electron chi connectivity index (χ0n) is 22.6. The van der Waals surface area contributed by atoms with Crippen molar-refractivity contribution in [2.75, 3.05) is 43.5 Å². The Kier molecular flexibility index (Phi) is 8.91. The number of hydrogen-bond donors (Lipinski definition) is 1. The minimum Gasteiger partial charge on any atom is -0.495 e. The highest BCUT2D eigenvalue weighted by atomic mass is 35.5. The van der Waals surface area contributed by atoms with Crippen LogP contribution in [0, 0.1) is 41.5 Å². The van der Waals surface area contributed by atoms with E-state index in [0.717, 1.165) is 55.0 Å². The van der Waals surface area contributed by atoms with E-state index in [1.165, 1.54) is 33.4 Å². The molecule has 0 radical (unpaired) electrons. The van der Waals surface area contributed by atoms with Crippen LogP contribution < -0.4 is 15.0 Å². The SMILES string of the molecule is COc1ccccc1N1CCN(C(=Nc2c(C)cc(C)cc2C)Nc2c(C)cc(C)cc2C)CC1.Cl. The maximum Gasteiger partial charge on any atom is 0.203 e. The summed E-state index contributed by atoms with van der Waals surface area (Å²) in [7, 11) is 1.74. The fourth-order valence-corrected chi connectivity index (χ4v) is 5.17. The summed E-state index contributed by atoms with van der Waals surface area (Å²) >= 11 is 0. The highest BCUT2D eigenvalue weighted by molar-refractivity contribution is 5.97. The largest absolute Gasteiger partial charge is 0.495 e. The van der Waals surface area contributed by atoms with E-state index in [-0.39, 0.29) is 12.4 Å². The number of benzene rings is 3. The number of piperazine rings is 1. The summed E-state index contributed by atoms with van der Waals surface area (Å²) in [5.41, 5.74) is 10.8. The average Bonchev–Trinajstić information content (AvgIpc) is 2.82. The summed E-state index contributed by atoms with van der Waals surface area (Å²) in [5, 5.41) is 3.74. The fourth-order valence-electron chi connectivity index (χ4n) is 5.17. The van der Waals surface area contributed by atoms with Crippen LogP contribution in [0.2, 0.25) is 0 Å². The Morgan fingerprint density at radius 3 is 1.86 bits per heavy atom. The van der Waals surface area contributed by atoms with E-state index in [9.17, 15) is 0 Å². The molecule has 1 aliphatic rings. The first-order valence-electron chi connectivity index (χ1n) is 12.4. The molecule has 1 aliphatic heterocycles. The molecule has 1 heterocycles. The predicted octanol–water partition coefficient (Wildman–Crippen LogP) is 6.89. The smallest absolute Gasteiger partial charge is 0.203 e. The van der Waals surface area contributed by atoms with Gasteiger partial charge in [0.05, 0.1) is 18.5 Å². The summed E-state index contributed by atoms with van der Waals surface area (Å²) in [5.74, 6) is 1.83. The molecule has 5 nitrogen and oxygen atoms in total. The van der Waals surface area contributed by atoms with Gasteiger partial charge in [0.15, 0.2) is 0 Å². The third kappa shape index (κ3) is 5.96. The van der Waals surface area contributed by atoms with E-state index in [0.29, 0.717) is 0 Å². The maximum absolute atomic E-state index is 5.61. The number of aryl methyl sites for hydroxylation is 6. The van der Waals surface area contributed by atoms with Gasteiger partial charge in [-0.15, -0.1) is 12.4 Å². The molecule has 1 saturated heterocycles. The molecule has 0 aromatic heterocycles. The van der Waals surface area contributed by atoms with Crippen LogP contribution in [0.5, 0.6) is 5.75 Å². The van der Waals surface area contributed by atoms with Crippen LogP contribution in [0.4, 0.5) is 17.1 Å². The Hall–Kier alpha value is -3.18. The third-order valence-corrected chi connectivity index (χ3v) is 6.77. The average molecular weight is 507 g/mol. The second-order valence-electron chi connectivity index (χ2n) is 9.73. The summed E-state index contributed by atoms with van der Waals surface area (Å²) in [6.45, 7) is 16.5. The van der Waals surface area contributed by atoms with Crippen molar-refractivity contribution in [3.05, 3.63) is 81.9 Å². The minimum atomic E-state index is 0. The van der Waals surface area contributed by atoms with Crippen LogP contribution >= 0.6 is 12.4 Å². The van der Waals surface area contributed by atoms with Crippen molar-refractivity contribution in [1.29, 1.82) is 0 Å². The summed E-state index contributed by atoms with van der Waals surface area (Å²) in [6.07, 6.45) is 0. The lowest BCUT2D eigenvalue weighted by atomic mass is 10.0. The molecule has 6 heteroatoms. The number of guanidine groups is 1. The Morgan fingerprint density at radius 2 is 1.31 bits per heavy atom. The topological polar surface area (TPSA) is 40.1 Å². The Bertz CT molecular complexity index is 1200. The van der Waals surface area contributed by atoms with Gasteiger partial charge in [0.25, 0.3) is 0 Å². The van der Waals surface area contributed by atoms with Gasteiger partial charge < -0.3 is 19.9 Å². The Morgan fingerprint density at radius 1 is 0.778 bits per heavy atom. The van der Waals surface area contributed by atoms with Crippen molar-refractivity contribution >= 4 is 35.4 Å². The summed E-state index contributed by atoms with van der Waals surface area (Å²) in [4.78, 5) is 10.0. The molecule has 0 atom stereocenters. The maximum atomic E-state index is 5.61. The van der Waals surface area contributed by atoms with Crippen molar-refractivity contribution in [2.24, 2.45) is 4.99 Å². The number of anilines is 2. The number of hydrogen-bond acceptors (Lipinski definition) is 3. The van der Waals surface area contributed by atoms with E-state index in [1.807, 2.05) is 12.1 Å². The van der Waals surface area contributed by atoms with Gasteiger partial charge in [-0.05, 0) is 75.9 Å². The number of ether oxygens (including phenoxy) is 1. The van der Waals surface area contributed by atoms with Crippen molar-refractivity contribution in [2.45, 2.75) is 41.5 Å². The molecule has 192 valence electrons. The highest BCUT2D eigenvalue weighted by Gasteiger charge is 2.23. The van der Waals surface area contributed by atoms with E-state index in [2.05, 4.69) is 93.1 Å². The van der Waals surface area contributed by atoms with Gasteiger partial charge in [0.1, 0.15) is 5.75 Å². The molecule has 3 aromatic rings. The molecular weight excluding hydrogens is 468 g/mol. The minimum absolute atomic E-state index is 0. The second-order valence-corrected chi connectivity index (χ2v) is 9.73. The molecule has 1 fully saturated rings. The highest BCUT2D eigenvalue weighted by Crippen LogP contribution is 2.30. The molecular formula is C30H39ClN4O. The number of halogens is 1. The quantitative estimate of drug-likeness (QED) is 0.309. The molecule has 0 amide bonds. The van der Waals surface area contributed by atoms with Gasteiger partial charge in [-0.1, -0.05) is 47.5 Å². The first-order valence-corrected chi connectivity index (χ1v) is 12.4. The number of nitrogens with one attached hydrogen (secondary N) is 1. The van der Waals surface area contributed by atoms with Crippen LogP contribution in [0.3, 0.4) is 0 Å². The summed E-state index contributed by atoms with van der Waals surface area (Å²) in [6, 6.07) is 17.2. The molecule has 3 aromatic carbocycles. The molecule has 0 aliphatic carbocycles. The van der Waals surface area contributed by atoms with Gasteiger partial charge in [-0.3, -0.25) is 0 Å². The van der Waals surface area contributed by atoms with Crippen molar-refractivity contribution in [3.8, 4) is 5.75 Å². The molecule has 0 spiro atoms.